The number of benzene rings is 2. The van der Waals surface area contributed by atoms with Crippen LogP contribution in [0.5, 0.6) is 0 Å². The normalized spacial score (nSPS) is 19.6. The lowest BCUT2D eigenvalue weighted by molar-refractivity contribution is -0.384. The molecule has 0 aromatic heterocycles. The molecule has 1 saturated heterocycles. The number of nitrogens with one attached hydrogen (secondary N) is 3. The number of amides is 1. The number of nitro groups is 1. The molecule has 0 saturated carbocycles. The molecule has 10 nitrogen and oxygen atoms in total. The third kappa shape index (κ3) is 7.53. The number of nitrogens with two attached hydrogens (primary N) is 2. The van der Waals surface area contributed by atoms with E-state index in [4.69, 9.17) is 11.5 Å². The SMILES string of the molecule is CC1CCNC(N[C@@H](CCC(N=C(N)N)c2ccccc2)C(=O)Nc2ccc([N+](=O)[O-])cc2)C1. The lowest BCUT2D eigenvalue weighted by Gasteiger charge is -2.32. The summed E-state index contributed by atoms with van der Waals surface area (Å²) in [6, 6.07) is 14.7. The molecule has 7 N–H and O–H groups in total. The zero-order chi connectivity index (χ0) is 24.5. The van der Waals surface area contributed by atoms with E-state index >= 15 is 0 Å². The lowest BCUT2D eigenvalue weighted by atomic mass is 9.96. The van der Waals surface area contributed by atoms with Crippen molar-refractivity contribution in [3.63, 3.8) is 0 Å². The lowest BCUT2D eigenvalue weighted by Crippen LogP contribution is -2.54. The predicted octanol–water partition coefficient (Wildman–Crippen LogP) is 2.63. The molecule has 2 aromatic carbocycles. The Balaban J connectivity index is 1.74. The van der Waals surface area contributed by atoms with Crippen LogP contribution >= 0.6 is 0 Å². The number of aliphatic imine (C=N–C) groups is 1. The molecule has 10 heteroatoms. The minimum Gasteiger partial charge on any atom is -0.370 e. The number of nitrogens with zero attached hydrogens (tertiary/aromatic N) is 2. The Labute approximate surface area is 199 Å². The van der Waals surface area contributed by atoms with Crippen LogP contribution < -0.4 is 27.4 Å². The minimum absolute atomic E-state index is 0.00327. The number of non-ortho nitro benzene ring substituents is 1. The topological polar surface area (TPSA) is 161 Å². The van der Waals surface area contributed by atoms with E-state index in [0.29, 0.717) is 24.4 Å². The minimum atomic E-state index is -0.515. The van der Waals surface area contributed by atoms with E-state index in [2.05, 4.69) is 27.9 Å². The van der Waals surface area contributed by atoms with Crippen molar-refractivity contribution in [3.05, 3.63) is 70.3 Å². The zero-order valence-electron chi connectivity index (χ0n) is 19.3. The smallest absolute Gasteiger partial charge is 0.269 e. The maximum Gasteiger partial charge on any atom is 0.269 e. The molecule has 1 aliphatic rings. The van der Waals surface area contributed by atoms with Crippen molar-refractivity contribution in [2.45, 2.75) is 50.9 Å². The molecular formula is C24H33N7O3. The average Bonchev–Trinajstić information content (AvgIpc) is 2.81. The molecule has 0 aliphatic carbocycles. The Bertz CT molecular complexity index is 978. The molecule has 182 valence electrons. The van der Waals surface area contributed by atoms with Crippen LogP contribution in [0.2, 0.25) is 0 Å². The average molecular weight is 468 g/mol. The van der Waals surface area contributed by atoms with Crippen LogP contribution in [-0.4, -0.2) is 35.5 Å². The standard InChI is InChI=1S/C24H33N7O3/c1-16-13-14-27-22(15-16)29-21(23(32)28-18-7-9-19(10-8-18)31(33)34)12-11-20(30-24(25)26)17-5-3-2-4-6-17/h2-10,16,20-22,27,29H,11-15H2,1H3,(H,28,32)(H4,25,26,30)/t16?,20?,21-,22?/m0/s1. The van der Waals surface area contributed by atoms with Crippen LogP contribution in [0.15, 0.2) is 59.6 Å². The van der Waals surface area contributed by atoms with Crippen molar-refractivity contribution in [1.29, 1.82) is 0 Å². The van der Waals surface area contributed by atoms with Gasteiger partial charge in [0.15, 0.2) is 5.96 Å². The Hall–Kier alpha value is -3.50. The van der Waals surface area contributed by atoms with Gasteiger partial charge in [-0.25, -0.2) is 4.99 Å². The van der Waals surface area contributed by atoms with Crippen molar-refractivity contribution >= 4 is 23.2 Å². The van der Waals surface area contributed by atoms with Gasteiger partial charge in [0.1, 0.15) is 0 Å². The zero-order valence-corrected chi connectivity index (χ0v) is 19.3. The summed E-state index contributed by atoms with van der Waals surface area (Å²) in [5.74, 6) is 0.331. The molecule has 0 spiro atoms. The van der Waals surface area contributed by atoms with Crippen LogP contribution in [0, 0.1) is 16.0 Å². The third-order valence-corrected chi connectivity index (χ3v) is 5.95. The van der Waals surface area contributed by atoms with Crippen LogP contribution in [0.4, 0.5) is 11.4 Å². The molecular weight excluding hydrogens is 434 g/mol. The fraction of sp³-hybridized carbons (Fsp3) is 0.417. The van der Waals surface area contributed by atoms with Crippen molar-refractivity contribution in [1.82, 2.24) is 10.6 Å². The van der Waals surface area contributed by atoms with Gasteiger partial charge in [-0.3, -0.25) is 20.2 Å². The summed E-state index contributed by atoms with van der Waals surface area (Å²) in [5, 5.41) is 20.7. The first-order valence-electron chi connectivity index (χ1n) is 11.5. The van der Waals surface area contributed by atoms with Gasteiger partial charge in [0, 0.05) is 17.8 Å². The van der Waals surface area contributed by atoms with Gasteiger partial charge in [-0.2, -0.15) is 0 Å². The molecule has 0 bridgehead atoms. The second-order valence-corrected chi connectivity index (χ2v) is 8.71. The molecule has 34 heavy (non-hydrogen) atoms. The van der Waals surface area contributed by atoms with E-state index in [-0.39, 0.29) is 29.8 Å². The first kappa shape index (κ1) is 25.1. The fourth-order valence-electron chi connectivity index (χ4n) is 4.15. The van der Waals surface area contributed by atoms with Crippen molar-refractivity contribution < 1.29 is 9.72 Å². The molecule has 0 radical (unpaired) electrons. The molecule has 1 fully saturated rings. The van der Waals surface area contributed by atoms with Crippen molar-refractivity contribution in [2.75, 3.05) is 11.9 Å². The van der Waals surface area contributed by atoms with Gasteiger partial charge in [0.05, 0.1) is 23.2 Å². The summed E-state index contributed by atoms with van der Waals surface area (Å²) in [6.07, 6.45) is 3.06. The first-order chi connectivity index (χ1) is 16.3. The number of piperidine rings is 1. The molecule has 1 amide bonds. The highest BCUT2D eigenvalue weighted by Crippen LogP contribution is 2.25. The summed E-state index contributed by atoms with van der Waals surface area (Å²) >= 11 is 0. The van der Waals surface area contributed by atoms with Gasteiger partial charge < -0.3 is 22.1 Å². The third-order valence-electron chi connectivity index (χ3n) is 5.95. The Morgan fingerprint density at radius 3 is 2.50 bits per heavy atom. The Morgan fingerprint density at radius 2 is 1.88 bits per heavy atom. The molecule has 4 atom stereocenters. The number of rotatable bonds is 10. The summed E-state index contributed by atoms with van der Waals surface area (Å²) in [4.78, 5) is 28.1. The quantitative estimate of drug-likeness (QED) is 0.155. The molecule has 3 unspecified atom stereocenters. The van der Waals surface area contributed by atoms with Crippen LogP contribution in [-0.2, 0) is 4.79 Å². The van der Waals surface area contributed by atoms with E-state index in [9.17, 15) is 14.9 Å². The van der Waals surface area contributed by atoms with Crippen LogP contribution in [0.1, 0.15) is 44.2 Å². The van der Waals surface area contributed by atoms with E-state index in [0.717, 1.165) is 24.9 Å². The van der Waals surface area contributed by atoms with Gasteiger partial charge in [-0.1, -0.05) is 37.3 Å². The number of hydrogen-bond acceptors (Lipinski definition) is 6. The van der Waals surface area contributed by atoms with Crippen molar-refractivity contribution in [3.8, 4) is 0 Å². The van der Waals surface area contributed by atoms with E-state index in [1.54, 1.807) is 0 Å². The van der Waals surface area contributed by atoms with Gasteiger partial charge in [0.25, 0.3) is 5.69 Å². The van der Waals surface area contributed by atoms with Gasteiger partial charge >= 0.3 is 0 Å². The van der Waals surface area contributed by atoms with Gasteiger partial charge in [-0.05, 0) is 55.8 Å². The first-order valence-corrected chi connectivity index (χ1v) is 11.5. The van der Waals surface area contributed by atoms with Gasteiger partial charge in [-0.15, -0.1) is 0 Å². The Morgan fingerprint density at radius 1 is 1.18 bits per heavy atom. The summed E-state index contributed by atoms with van der Waals surface area (Å²) < 4.78 is 0. The number of hydrogen-bond donors (Lipinski definition) is 5. The monoisotopic (exact) mass is 467 g/mol. The second kappa shape index (κ2) is 12.1. The fourth-order valence-corrected chi connectivity index (χ4v) is 4.15. The molecule has 3 rings (SSSR count). The highest BCUT2D eigenvalue weighted by atomic mass is 16.6. The highest BCUT2D eigenvalue weighted by Gasteiger charge is 2.26. The number of carbonyl (C=O) groups excluding carboxylic acids is 1. The summed E-state index contributed by atoms with van der Waals surface area (Å²) in [5.41, 5.74) is 12.8. The predicted molar refractivity (Wildman–Crippen MR) is 133 cm³/mol. The molecule has 2 aromatic rings. The maximum atomic E-state index is 13.2. The summed E-state index contributed by atoms with van der Waals surface area (Å²) in [7, 11) is 0. The number of nitro benzene ring substituents is 1. The number of carbonyl (C=O) groups is 1. The summed E-state index contributed by atoms with van der Waals surface area (Å²) in [6.45, 7) is 3.09. The number of anilines is 1. The second-order valence-electron chi connectivity index (χ2n) is 8.71. The molecule has 1 aliphatic heterocycles. The van der Waals surface area contributed by atoms with E-state index in [1.807, 2.05) is 30.3 Å². The Kier molecular flexibility index (Phi) is 8.94. The molecule has 1 heterocycles. The van der Waals surface area contributed by atoms with E-state index < -0.39 is 11.0 Å². The van der Waals surface area contributed by atoms with Crippen LogP contribution in [0.25, 0.3) is 0 Å². The van der Waals surface area contributed by atoms with Crippen LogP contribution in [0.3, 0.4) is 0 Å². The van der Waals surface area contributed by atoms with E-state index in [1.165, 1.54) is 24.3 Å². The highest BCUT2D eigenvalue weighted by molar-refractivity contribution is 5.95. The van der Waals surface area contributed by atoms with Crippen molar-refractivity contribution in [2.24, 2.45) is 22.4 Å². The maximum absolute atomic E-state index is 13.2. The largest absolute Gasteiger partial charge is 0.370 e. The number of guanidine groups is 1. The van der Waals surface area contributed by atoms with Gasteiger partial charge in [0.2, 0.25) is 5.91 Å².